The molecule has 1 aliphatic heterocycles. The van der Waals surface area contributed by atoms with Crippen LogP contribution in [0.15, 0.2) is 66.8 Å². The number of epoxide rings is 1. The van der Waals surface area contributed by atoms with Gasteiger partial charge >= 0.3 is 11.9 Å². The van der Waals surface area contributed by atoms with Gasteiger partial charge in [-0.15, -0.1) is 0 Å². The molecule has 7 nitrogen and oxygen atoms in total. The van der Waals surface area contributed by atoms with Crippen LogP contribution in [0.4, 0.5) is 0 Å². The van der Waals surface area contributed by atoms with E-state index in [0.717, 1.165) is 11.6 Å². The topological polar surface area (TPSA) is 105 Å². The van der Waals surface area contributed by atoms with Crippen molar-refractivity contribution in [2.75, 3.05) is 6.61 Å². The zero-order valence-corrected chi connectivity index (χ0v) is 16.4. The van der Waals surface area contributed by atoms with Gasteiger partial charge in [0, 0.05) is 19.4 Å². The van der Waals surface area contributed by atoms with E-state index in [1.807, 2.05) is 37.3 Å². The third kappa shape index (κ3) is 7.75. The van der Waals surface area contributed by atoms with Crippen molar-refractivity contribution in [3.63, 3.8) is 0 Å². The standard InChI is InChI=1S/C22H25NO6/c1-16(24)23-18(14-17-10-6-5-7-11-17)21(27)29-19(22(2)15-28-22)12-8-3-4-9-13-20(25)26/h3-13,18-19H,14-15H2,1-2H3,(H,23,24)(H,25,26)/b4-3-,12-8+,13-9+/t18-,19?,22-/m0/s1. The van der Waals surface area contributed by atoms with Gasteiger partial charge in [-0.05, 0) is 18.6 Å². The Hall–Kier alpha value is -3.19. The van der Waals surface area contributed by atoms with E-state index in [9.17, 15) is 14.4 Å². The minimum atomic E-state index is -1.04. The molecule has 1 aliphatic rings. The van der Waals surface area contributed by atoms with Crippen molar-refractivity contribution < 1.29 is 29.0 Å². The van der Waals surface area contributed by atoms with E-state index in [-0.39, 0.29) is 5.91 Å². The Morgan fingerprint density at radius 3 is 2.45 bits per heavy atom. The lowest BCUT2D eigenvalue weighted by atomic mass is 10.0. The highest BCUT2D eigenvalue weighted by molar-refractivity contribution is 5.83. The smallest absolute Gasteiger partial charge is 0.329 e. The average Bonchev–Trinajstić information content (AvgIpc) is 3.41. The number of carboxylic acids is 1. The first-order chi connectivity index (χ1) is 13.8. The van der Waals surface area contributed by atoms with Gasteiger partial charge in [-0.2, -0.15) is 0 Å². The maximum atomic E-state index is 12.8. The molecule has 1 unspecified atom stereocenters. The second-order valence-corrected chi connectivity index (χ2v) is 6.87. The number of benzene rings is 1. The molecule has 0 saturated carbocycles. The van der Waals surface area contributed by atoms with Gasteiger partial charge in [-0.3, -0.25) is 4.79 Å². The molecule has 3 atom stereocenters. The van der Waals surface area contributed by atoms with Gasteiger partial charge < -0.3 is 19.9 Å². The second-order valence-electron chi connectivity index (χ2n) is 6.87. The van der Waals surface area contributed by atoms with Gasteiger partial charge in [0.1, 0.15) is 11.6 Å². The van der Waals surface area contributed by atoms with Crippen molar-refractivity contribution in [1.82, 2.24) is 5.32 Å². The third-order valence-electron chi connectivity index (χ3n) is 4.25. The highest BCUT2D eigenvalue weighted by Crippen LogP contribution is 2.33. The molecule has 1 aromatic rings. The maximum Gasteiger partial charge on any atom is 0.329 e. The summed E-state index contributed by atoms with van der Waals surface area (Å²) in [5.41, 5.74) is 0.280. The summed E-state index contributed by atoms with van der Waals surface area (Å²) in [4.78, 5) is 34.7. The van der Waals surface area contributed by atoms with Crippen molar-refractivity contribution in [3.8, 4) is 0 Å². The monoisotopic (exact) mass is 399 g/mol. The van der Waals surface area contributed by atoms with Crippen LogP contribution in [0.3, 0.4) is 0 Å². The fourth-order valence-electron chi connectivity index (χ4n) is 2.57. The molecule has 29 heavy (non-hydrogen) atoms. The molecular weight excluding hydrogens is 374 g/mol. The molecule has 7 heteroatoms. The maximum absolute atomic E-state index is 12.8. The van der Waals surface area contributed by atoms with Gasteiger partial charge in [0.15, 0.2) is 6.10 Å². The van der Waals surface area contributed by atoms with Crippen LogP contribution in [-0.2, 0) is 30.3 Å². The first kappa shape index (κ1) is 22.1. The fraction of sp³-hybridized carbons (Fsp3) is 0.318. The summed E-state index contributed by atoms with van der Waals surface area (Å²) in [5.74, 6) is -1.91. The number of esters is 1. The Morgan fingerprint density at radius 1 is 1.21 bits per heavy atom. The molecule has 2 rings (SSSR count). The normalized spacial score (nSPS) is 20.6. The van der Waals surface area contributed by atoms with Crippen LogP contribution in [0.25, 0.3) is 0 Å². The average molecular weight is 399 g/mol. The molecule has 2 N–H and O–H groups in total. The van der Waals surface area contributed by atoms with Gasteiger partial charge in [-0.1, -0.05) is 54.6 Å². The molecule has 0 aliphatic carbocycles. The second kappa shape index (κ2) is 10.4. The number of hydrogen-bond donors (Lipinski definition) is 2. The Kier molecular flexibility index (Phi) is 7.91. The minimum Gasteiger partial charge on any atom is -0.478 e. The van der Waals surface area contributed by atoms with Crippen LogP contribution in [0, 0.1) is 0 Å². The summed E-state index contributed by atoms with van der Waals surface area (Å²) < 4.78 is 11.1. The van der Waals surface area contributed by atoms with Gasteiger partial charge in [0.2, 0.25) is 5.91 Å². The zero-order chi connectivity index (χ0) is 21.3. The fourth-order valence-corrected chi connectivity index (χ4v) is 2.57. The summed E-state index contributed by atoms with van der Waals surface area (Å²) >= 11 is 0. The number of aliphatic carboxylic acids is 1. The van der Waals surface area contributed by atoms with Crippen LogP contribution in [0.5, 0.6) is 0 Å². The Morgan fingerprint density at radius 2 is 1.86 bits per heavy atom. The van der Waals surface area contributed by atoms with Gasteiger partial charge in [0.25, 0.3) is 0 Å². The number of hydrogen-bond acceptors (Lipinski definition) is 5. The number of ether oxygens (including phenoxy) is 2. The van der Waals surface area contributed by atoms with Gasteiger partial charge in [0.05, 0.1) is 6.61 Å². The molecule has 0 radical (unpaired) electrons. The Bertz CT molecular complexity index is 808. The van der Waals surface area contributed by atoms with Crippen LogP contribution in [0.1, 0.15) is 19.4 Å². The molecule has 1 amide bonds. The third-order valence-corrected chi connectivity index (χ3v) is 4.25. The van der Waals surface area contributed by atoms with Crippen molar-refractivity contribution >= 4 is 17.8 Å². The SMILES string of the molecule is CC(=O)N[C@@H](Cc1ccccc1)C(=O)OC(/C=C/C=C\C=C\C(=O)O)[C@]1(C)CO1. The van der Waals surface area contributed by atoms with Gasteiger partial charge in [-0.25, -0.2) is 9.59 Å². The lowest BCUT2D eigenvalue weighted by Gasteiger charge is -2.22. The quantitative estimate of drug-likeness (QED) is 0.270. The molecule has 1 heterocycles. The van der Waals surface area contributed by atoms with Crippen molar-refractivity contribution in [1.29, 1.82) is 0 Å². The van der Waals surface area contributed by atoms with E-state index >= 15 is 0 Å². The first-order valence-electron chi connectivity index (χ1n) is 9.20. The van der Waals surface area contributed by atoms with E-state index in [2.05, 4.69) is 5.32 Å². The number of carbonyl (C=O) groups is 3. The predicted octanol–water partition coefficient (Wildman–Crippen LogP) is 2.19. The molecule has 0 spiro atoms. The van der Waals surface area contributed by atoms with Crippen LogP contribution < -0.4 is 5.32 Å². The number of rotatable bonds is 10. The minimum absolute atomic E-state index is 0.313. The van der Waals surface area contributed by atoms with Crippen molar-refractivity contribution in [3.05, 3.63) is 72.4 Å². The van der Waals surface area contributed by atoms with E-state index in [4.69, 9.17) is 14.6 Å². The molecule has 154 valence electrons. The zero-order valence-electron chi connectivity index (χ0n) is 16.4. The first-order valence-corrected chi connectivity index (χ1v) is 9.20. The summed E-state index contributed by atoms with van der Waals surface area (Å²) in [6.45, 7) is 3.62. The molecule has 1 aromatic carbocycles. The van der Waals surface area contributed by atoms with Crippen molar-refractivity contribution in [2.24, 2.45) is 0 Å². The Labute approximate surface area is 169 Å². The lowest BCUT2D eigenvalue weighted by Crippen LogP contribution is -2.45. The van der Waals surface area contributed by atoms with Crippen LogP contribution in [-0.4, -0.2) is 47.3 Å². The summed E-state index contributed by atoms with van der Waals surface area (Å²) in [5, 5.41) is 11.2. The van der Waals surface area contributed by atoms with E-state index in [1.54, 1.807) is 24.3 Å². The molecular formula is C22H25NO6. The Balaban J connectivity index is 2.06. The predicted molar refractivity (Wildman–Crippen MR) is 107 cm³/mol. The highest BCUT2D eigenvalue weighted by atomic mass is 16.6. The molecule has 0 aromatic heterocycles. The van der Waals surface area contributed by atoms with E-state index in [0.29, 0.717) is 13.0 Å². The summed E-state index contributed by atoms with van der Waals surface area (Å²) in [6.07, 6.45) is 8.56. The number of allylic oxidation sites excluding steroid dienone is 4. The lowest BCUT2D eigenvalue weighted by molar-refractivity contribution is -0.153. The van der Waals surface area contributed by atoms with E-state index < -0.39 is 29.7 Å². The molecule has 1 saturated heterocycles. The molecule has 0 bridgehead atoms. The number of carboxylic acid groups (broad SMARTS) is 1. The number of nitrogens with one attached hydrogen (secondary N) is 1. The summed E-state index contributed by atoms with van der Waals surface area (Å²) in [6, 6.07) is 8.53. The van der Waals surface area contributed by atoms with E-state index in [1.165, 1.54) is 13.0 Å². The molecule has 1 fully saturated rings. The summed E-state index contributed by atoms with van der Waals surface area (Å²) in [7, 11) is 0. The number of amides is 1. The number of carbonyl (C=O) groups excluding carboxylic acids is 2. The highest BCUT2D eigenvalue weighted by Gasteiger charge is 2.48. The van der Waals surface area contributed by atoms with Crippen LogP contribution in [0.2, 0.25) is 0 Å². The van der Waals surface area contributed by atoms with Crippen LogP contribution >= 0.6 is 0 Å². The largest absolute Gasteiger partial charge is 0.478 e. The van der Waals surface area contributed by atoms with Crippen molar-refractivity contribution in [2.45, 2.75) is 38.0 Å².